The maximum absolute atomic E-state index is 12.4. The van der Waals surface area contributed by atoms with Crippen molar-refractivity contribution in [3.8, 4) is 0 Å². The third-order valence-corrected chi connectivity index (χ3v) is 1.23. The molecule has 0 aliphatic rings. The topological polar surface area (TPSA) is 0 Å². The molecule has 0 aromatic heterocycles. The highest BCUT2D eigenvalue weighted by Crippen LogP contribution is 2.13. The Kier molecular flexibility index (Phi) is 3.52. The molecule has 0 rings (SSSR count). The van der Waals surface area contributed by atoms with Crippen molar-refractivity contribution < 1.29 is 4.39 Å². The van der Waals surface area contributed by atoms with Crippen molar-refractivity contribution >= 4 is 0 Å². The lowest BCUT2D eigenvalue weighted by Crippen LogP contribution is -2.00. The van der Waals surface area contributed by atoms with Gasteiger partial charge in [-0.1, -0.05) is 20.4 Å². The minimum Gasteiger partial charge on any atom is -0.243 e. The van der Waals surface area contributed by atoms with Gasteiger partial charge in [0, 0.05) is 0 Å². The first kappa shape index (κ1) is 8.67. The van der Waals surface area contributed by atoms with Crippen molar-refractivity contribution in [3.05, 3.63) is 12.2 Å². The quantitative estimate of drug-likeness (QED) is 0.515. The van der Waals surface area contributed by atoms with E-state index in [9.17, 15) is 4.39 Å². The van der Waals surface area contributed by atoms with Gasteiger partial charge in [0.15, 0.2) is 0 Å². The van der Waals surface area contributed by atoms with E-state index in [2.05, 4.69) is 20.4 Å². The van der Waals surface area contributed by atoms with Crippen molar-refractivity contribution in [2.24, 2.45) is 5.92 Å². The molecule has 1 heteroatoms. The summed E-state index contributed by atoms with van der Waals surface area (Å²) in [6.07, 6.45) is -0.0371. The van der Waals surface area contributed by atoms with Gasteiger partial charge in [-0.3, -0.25) is 0 Å². The van der Waals surface area contributed by atoms with Crippen molar-refractivity contribution in [2.75, 3.05) is 0 Å². The van der Waals surface area contributed by atoms with E-state index in [1.807, 2.05) is 0 Å². The highest BCUT2D eigenvalue weighted by molar-refractivity contribution is 5.00. The maximum atomic E-state index is 12.4. The molecule has 1 atom stereocenters. The van der Waals surface area contributed by atoms with Crippen molar-refractivity contribution in [3.63, 3.8) is 0 Å². The van der Waals surface area contributed by atoms with Crippen LogP contribution in [-0.4, -0.2) is 6.17 Å². The summed E-state index contributed by atoms with van der Waals surface area (Å²) in [4.78, 5) is 0. The van der Waals surface area contributed by atoms with Crippen LogP contribution in [-0.2, 0) is 0 Å². The van der Waals surface area contributed by atoms with Gasteiger partial charge in [-0.05, 0) is 24.8 Å². The van der Waals surface area contributed by atoms with Crippen molar-refractivity contribution in [2.45, 2.75) is 33.4 Å². The molecule has 0 aromatic rings. The Balaban J connectivity index is 3.51. The van der Waals surface area contributed by atoms with E-state index < -0.39 is 6.17 Å². The van der Waals surface area contributed by atoms with Gasteiger partial charge in [0.05, 0.1) is 0 Å². The van der Waals surface area contributed by atoms with Gasteiger partial charge in [0.2, 0.25) is 0 Å². The van der Waals surface area contributed by atoms with Gasteiger partial charge in [0.1, 0.15) is 6.17 Å². The second kappa shape index (κ2) is 3.65. The first-order valence-electron chi connectivity index (χ1n) is 3.35. The molecule has 0 radical (unpaired) electrons. The number of hydrogen-bond acceptors (Lipinski definition) is 0. The lowest BCUT2D eigenvalue weighted by atomic mass is 10.0. The Hall–Kier alpha value is -0.330. The molecule has 0 saturated heterocycles. The second-order valence-electron chi connectivity index (χ2n) is 2.87. The molecule has 0 N–H and O–H groups in total. The second-order valence-corrected chi connectivity index (χ2v) is 2.87. The zero-order chi connectivity index (χ0) is 7.44. The monoisotopic (exact) mass is 130 g/mol. The van der Waals surface area contributed by atoms with Gasteiger partial charge in [-0.15, -0.1) is 0 Å². The van der Waals surface area contributed by atoms with Crippen LogP contribution in [0.1, 0.15) is 27.2 Å². The lowest BCUT2D eigenvalue weighted by Gasteiger charge is -2.08. The average molecular weight is 130 g/mol. The molecule has 0 fully saturated rings. The summed E-state index contributed by atoms with van der Waals surface area (Å²) in [6, 6.07) is 0. The maximum Gasteiger partial charge on any atom is 0.118 e. The van der Waals surface area contributed by atoms with Gasteiger partial charge in [-0.2, -0.15) is 0 Å². The van der Waals surface area contributed by atoms with Crippen LogP contribution in [0.15, 0.2) is 12.2 Å². The van der Waals surface area contributed by atoms with Crippen molar-refractivity contribution in [1.29, 1.82) is 0 Å². The van der Waals surface area contributed by atoms with E-state index in [0.717, 1.165) is 6.42 Å². The summed E-state index contributed by atoms with van der Waals surface area (Å²) in [6.45, 7) is 9.28. The molecule has 9 heavy (non-hydrogen) atoms. The van der Waals surface area contributed by atoms with E-state index >= 15 is 0 Å². The average Bonchev–Trinajstić information content (AvgIpc) is 1.63. The summed E-state index contributed by atoms with van der Waals surface area (Å²) in [5.41, 5.74) is 0.713. The van der Waals surface area contributed by atoms with E-state index in [0.29, 0.717) is 11.5 Å². The van der Waals surface area contributed by atoms with Crippen LogP contribution in [0.5, 0.6) is 0 Å². The minimum atomic E-state index is -0.840. The van der Waals surface area contributed by atoms with Gasteiger partial charge in [0.25, 0.3) is 0 Å². The number of allylic oxidation sites excluding steroid dienone is 1. The summed E-state index contributed by atoms with van der Waals surface area (Å²) in [5.74, 6) is 0.524. The molecule has 0 spiro atoms. The Labute approximate surface area is 56.8 Å². The van der Waals surface area contributed by atoms with Gasteiger partial charge < -0.3 is 0 Å². The molecule has 0 aliphatic carbocycles. The summed E-state index contributed by atoms with van der Waals surface area (Å²) in [7, 11) is 0. The normalized spacial score (nSPS) is 13.9. The molecule has 1 unspecified atom stereocenters. The van der Waals surface area contributed by atoms with Crippen molar-refractivity contribution in [1.82, 2.24) is 0 Å². The summed E-state index contributed by atoms with van der Waals surface area (Å²) in [5, 5.41) is 0. The number of hydrogen-bond donors (Lipinski definition) is 0. The first-order valence-corrected chi connectivity index (χ1v) is 3.35. The van der Waals surface area contributed by atoms with E-state index in [-0.39, 0.29) is 0 Å². The number of halogens is 1. The fourth-order valence-electron chi connectivity index (χ4n) is 0.687. The molecule has 0 bridgehead atoms. The molecule has 54 valence electrons. The van der Waals surface area contributed by atoms with E-state index in [1.165, 1.54) is 6.92 Å². The lowest BCUT2D eigenvalue weighted by molar-refractivity contribution is 0.392. The fourth-order valence-corrected chi connectivity index (χ4v) is 0.687. The molecular weight excluding hydrogens is 115 g/mol. The van der Waals surface area contributed by atoms with Crippen LogP contribution in [0.2, 0.25) is 0 Å². The van der Waals surface area contributed by atoms with Crippen LogP contribution in [0, 0.1) is 5.92 Å². The molecule has 0 nitrogen and oxygen atoms in total. The Bertz CT molecular complexity index is 92.7. The molecule has 0 saturated carbocycles. The number of alkyl halides is 1. The fraction of sp³-hybridized carbons (Fsp3) is 0.750. The molecule has 0 aliphatic heterocycles. The molecule has 0 heterocycles. The molecular formula is C8H15F. The van der Waals surface area contributed by atoms with Crippen LogP contribution >= 0.6 is 0 Å². The number of rotatable bonds is 3. The van der Waals surface area contributed by atoms with Gasteiger partial charge in [-0.25, -0.2) is 4.39 Å². The third kappa shape index (κ3) is 4.19. The van der Waals surface area contributed by atoms with Crippen LogP contribution in [0.25, 0.3) is 0 Å². The highest BCUT2D eigenvalue weighted by atomic mass is 19.1. The predicted octanol–water partition coefficient (Wildman–Crippen LogP) is 2.95. The predicted molar refractivity (Wildman–Crippen MR) is 39.2 cm³/mol. The first-order chi connectivity index (χ1) is 4.04. The SMILES string of the molecule is C=C(CC(C)C)C(C)F. The van der Waals surface area contributed by atoms with Crippen LogP contribution in [0.4, 0.5) is 4.39 Å². The Morgan fingerprint density at radius 1 is 1.44 bits per heavy atom. The zero-order valence-corrected chi connectivity index (χ0v) is 6.45. The standard InChI is InChI=1S/C8H15F/c1-6(2)5-7(3)8(4)9/h6,8H,3,5H2,1-2,4H3. The minimum absolute atomic E-state index is 0.524. The van der Waals surface area contributed by atoms with E-state index in [1.54, 1.807) is 0 Å². The van der Waals surface area contributed by atoms with Crippen LogP contribution < -0.4 is 0 Å². The van der Waals surface area contributed by atoms with Gasteiger partial charge >= 0.3 is 0 Å². The summed E-state index contributed by atoms with van der Waals surface area (Å²) >= 11 is 0. The smallest absolute Gasteiger partial charge is 0.118 e. The Morgan fingerprint density at radius 2 is 1.89 bits per heavy atom. The summed E-state index contributed by atoms with van der Waals surface area (Å²) < 4.78 is 12.4. The van der Waals surface area contributed by atoms with E-state index in [4.69, 9.17) is 0 Å². The zero-order valence-electron chi connectivity index (χ0n) is 6.45. The highest BCUT2D eigenvalue weighted by Gasteiger charge is 2.04. The third-order valence-electron chi connectivity index (χ3n) is 1.23. The Morgan fingerprint density at radius 3 is 2.00 bits per heavy atom. The molecule has 0 amide bonds. The van der Waals surface area contributed by atoms with Crippen LogP contribution in [0.3, 0.4) is 0 Å². The largest absolute Gasteiger partial charge is 0.243 e. The molecule has 0 aromatic carbocycles.